The van der Waals surface area contributed by atoms with Crippen molar-refractivity contribution < 1.29 is 19.4 Å². The van der Waals surface area contributed by atoms with Gasteiger partial charge in [0.25, 0.3) is 0 Å². The molecule has 1 rings (SSSR count). The number of halogens is 1. The molecule has 0 heterocycles. The van der Waals surface area contributed by atoms with Gasteiger partial charge in [0.05, 0.1) is 0 Å². The lowest BCUT2D eigenvalue weighted by Crippen LogP contribution is -2.18. The summed E-state index contributed by atoms with van der Waals surface area (Å²) < 4.78 is 5.77. The Morgan fingerprint density at radius 1 is 1.35 bits per heavy atom. The molecule has 92 valence electrons. The normalized spacial score (nSPS) is 11.8. The Bertz CT molecular complexity index is 404. The van der Waals surface area contributed by atoms with Gasteiger partial charge in [0.15, 0.2) is 0 Å². The number of aliphatic carboxylic acids is 1. The minimum atomic E-state index is -0.944. The third kappa shape index (κ3) is 4.86. The lowest BCUT2D eigenvalue weighted by Gasteiger charge is -2.16. The van der Waals surface area contributed by atoms with Crippen molar-refractivity contribution in [3.63, 3.8) is 0 Å². The molecule has 1 unspecified atom stereocenters. The summed E-state index contributed by atoms with van der Waals surface area (Å²) in [5.41, 5.74) is 5.67. The molecule has 0 fully saturated rings. The second kappa shape index (κ2) is 6.24. The fourth-order valence-electron chi connectivity index (χ4n) is 1.37. The summed E-state index contributed by atoms with van der Waals surface area (Å²) in [4.78, 5) is 21.2. The van der Waals surface area contributed by atoms with E-state index in [2.05, 4.69) is 15.9 Å². The standard InChI is InChI=1S/C11H12BrNO4/c12-8-3-1-7(2-4-8)9(17-11(13)16)5-6-10(14)15/h1-4,9H,5-6H2,(H2,13,16)(H,14,15). The van der Waals surface area contributed by atoms with E-state index in [0.29, 0.717) is 5.56 Å². The first kappa shape index (κ1) is 13.5. The van der Waals surface area contributed by atoms with Gasteiger partial charge in [0.2, 0.25) is 0 Å². The van der Waals surface area contributed by atoms with Crippen LogP contribution in [0.5, 0.6) is 0 Å². The quantitative estimate of drug-likeness (QED) is 0.874. The van der Waals surface area contributed by atoms with E-state index in [-0.39, 0.29) is 12.8 Å². The van der Waals surface area contributed by atoms with E-state index in [0.717, 1.165) is 4.47 Å². The molecule has 0 saturated heterocycles. The van der Waals surface area contributed by atoms with Crippen molar-refractivity contribution in [3.8, 4) is 0 Å². The molecule has 0 spiro atoms. The van der Waals surface area contributed by atoms with Gasteiger partial charge in [-0.05, 0) is 24.1 Å². The predicted molar refractivity (Wildman–Crippen MR) is 64.4 cm³/mol. The molecule has 0 bridgehead atoms. The van der Waals surface area contributed by atoms with Gasteiger partial charge in [0, 0.05) is 10.9 Å². The topological polar surface area (TPSA) is 89.6 Å². The summed E-state index contributed by atoms with van der Waals surface area (Å²) in [6.45, 7) is 0. The van der Waals surface area contributed by atoms with Gasteiger partial charge in [-0.2, -0.15) is 0 Å². The molecular weight excluding hydrogens is 290 g/mol. The monoisotopic (exact) mass is 301 g/mol. The number of amides is 1. The van der Waals surface area contributed by atoms with Gasteiger partial charge >= 0.3 is 12.1 Å². The highest BCUT2D eigenvalue weighted by atomic mass is 79.9. The van der Waals surface area contributed by atoms with E-state index < -0.39 is 18.2 Å². The molecular formula is C11H12BrNO4. The van der Waals surface area contributed by atoms with Crippen molar-refractivity contribution in [2.24, 2.45) is 5.73 Å². The molecule has 1 amide bonds. The molecule has 0 aliphatic carbocycles. The Kier molecular flexibility index (Phi) is 4.96. The maximum absolute atomic E-state index is 10.7. The number of hydrogen-bond acceptors (Lipinski definition) is 3. The first-order valence-corrected chi connectivity index (χ1v) is 5.71. The number of benzene rings is 1. The molecule has 0 aliphatic heterocycles. The van der Waals surface area contributed by atoms with E-state index in [4.69, 9.17) is 15.6 Å². The average molecular weight is 302 g/mol. The molecule has 17 heavy (non-hydrogen) atoms. The van der Waals surface area contributed by atoms with Crippen molar-refractivity contribution in [1.29, 1.82) is 0 Å². The van der Waals surface area contributed by atoms with Crippen molar-refractivity contribution in [1.82, 2.24) is 0 Å². The minimum absolute atomic E-state index is 0.0893. The SMILES string of the molecule is NC(=O)OC(CCC(=O)O)c1ccc(Br)cc1. The highest BCUT2D eigenvalue weighted by Gasteiger charge is 2.16. The van der Waals surface area contributed by atoms with Crippen LogP contribution in [0.15, 0.2) is 28.7 Å². The van der Waals surface area contributed by atoms with Crippen LogP contribution < -0.4 is 5.73 Å². The van der Waals surface area contributed by atoms with E-state index >= 15 is 0 Å². The number of carboxylic acid groups (broad SMARTS) is 1. The summed E-state index contributed by atoms with van der Waals surface area (Å²) in [6.07, 6.45) is -1.44. The number of hydrogen-bond donors (Lipinski definition) is 2. The number of ether oxygens (including phenoxy) is 1. The number of carbonyl (C=O) groups is 2. The molecule has 0 aliphatic rings. The summed E-state index contributed by atoms with van der Waals surface area (Å²) >= 11 is 3.28. The maximum Gasteiger partial charge on any atom is 0.405 e. The number of nitrogens with two attached hydrogens (primary N) is 1. The third-order valence-corrected chi connectivity index (χ3v) is 2.65. The van der Waals surface area contributed by atoms with Gasteiger partial charge in [0.1, 0.15) is 6.10 Å². The molecule has 1 atom stereocenters. The smallest absolute Gasteiger partial charge is 0.405 e. The van der Waals surface area contributed by atoms with Crippen molar-refractivity contribution >= 4 is 28.0 Å². The van der Waals surface area contributed by atoms with Crippen LogP contribution in [0, 0.1) is 0 Å². The van der Waals surface area contributed by atoms with Gasteiger partial charge in [-0.1, -0.05) is 28.1 Å². The van der Waals surface area contributed by atoms with E-state index in [1.165, 1.54) is 0 Å². The summed E-state index contributed by atoms with van der Waals surface area (Å²) in [5.74, 6) is -0.944. The van der Waals surface area contributed by atoms with Crippen LogP contribution in [-0.4, -0.2) is 17.2 Å². The highest BCUT2D eigenvalue weighted by Crippen LogP contribution is 2.24. The van der Waals surface area contributed by atoms with Gasteiger partial charge < -0.3 is 15.6 Å². The zero-order valence-electron chi connectivity index (χ0n) is 8.93. The Hall–Kier alpha value is -1.56. The molecule has 0 saturated carbocycles. The van der Waals surface area contributed by atoms with Gasteiger partial charge in [-0.25, -0.2) is 4.79 Å². The average Bonchev–Trinajstić information content (AvgIpc) is 2.25. The summed E-state index contributed by atoms with van der Waals surface area (Å²) in [6, 6.07) is 7.07. The second-order valence-corrected chi connectivity index (χ2v) is 4.33. The minimum Gasteiger partial charge on any atom is -0.481 e. The van der Waals surface area contributed by atoms with Crippen LogP contribution in [0.4, 0.5) is 4.79 Å². The van der Waals surface area contributed by atoms with Crippen LogP contribution >= 0.6 is 15.9 Å². The maximum atomic E-state index is 10.7. The van der Waals surface area contributed by atoms with Crippen molar-refractivity contribution in [2.45, 2.75) is 18.9 Å². The van der Waals surface area contributed by atoms with E-state index in [1.54, 1.807) is 24.3 Å². The van der Waals surface area contributed by atoms with E-state index in [1.807, 2.05) is 0 Å². The zero-order chi connectivity index (χ0) is 12.8. The molecule has 0 radical (unpaired) electrons. The van der Waals surface area contributed by atoms with Crippen LogP contribution in [-0.2, 0) is 9.53 Å². The Morgan fingerprint density at radius 3 is 2.41 bits per heavy atom. The summed E-state index contributed by atoms with van der Waals surface area (Å²) in [5, 5.41) is 8.61. The number of carboxylic acids is 1. The molecule has 3 N–H and O–H groups in total. The fourth-order valence-corrected chi connectivity index (χ4v) is 1.63. The van der Waals surface area contributed by atoms with Crippen LogP contribution in [0.1, 0.15) is 24.5 Å². The van der Waals surface area contributed by atoms with Crippen molar-refractivity contribution in [2.75, 3.05) is 0 Å². The van der Waals surface area contributed by atoms with Crippen LogP contribution in [0.25, 0.3) is 0 Å². The molecule has 5 nitrogen and oxygen atoms in total. The molecule has 1 aromatic carbocycles. The molecule has 6 heteroatoms. The lowest BCUT2D eigenvalue weighted by atomic mass is 10.1. The number of primary amides is 1. The van der Waals surface area contributed by atoms with E-state index in [9.17, 15) is 9.59 Å². The molecule has 1 aromatic rings. The van der Waals surface area contributed by atoms with Crippen LogP contribution in [0.2, 0.25) is 0 Å². The van der Waals surface area contributed by atoms with Crippen molar-refractivity contribution in [3.05, 3.63) is 34.3 Å². The van der Waals surface area contributed by atoms with Gasteiger partial charge in [-0.3, -0.25) is 4.79 Å². The Morgan fingerprint density at radius 2 is 1.94 bits per heavy atom. The first-order chi connectivity index (χ1) is 7.99. The Labute approximate surface area is 107 Å². The number of carbonyl (C=O) groups excluding carboxylic acids is 1. The largest absolute Gasteiger partial charge is 0.481 e. The second-order valence-electron chi connectivity index (χ2n) is 3.41. The fraction of sp³-hybridized carbons (Fsp3) is 0.273. The lowest BCUT2D eigenvalue weighted by molar-refractivity contribution is -0.137. The zero-order valence-corrected chi connectivity index (χ0v) is 10.5. The molecule has 0 aromatic heterocycles. The third-order valence-electron chi connectivity index (χ3n) is 2.12. The van der Waals surface area contributed by atoms with Crippen LogP contribution in [0.3, 0.4) is 0 Å². The Balaban J connectivity index is 2.77. The highest BCUT2D eigenvalue weighted by molar-refractivity contribution is 9.10. The first-order valence-electron chi connectivity index (χ1n) is 4.92. The predicted octanol–water partition coefficient (Wildman–Crippen LogP) is 2.45. The number of rotatable bonds is 5. The van der Waals surface area contributed by atoms with Gasteiger partial charge in [-0.15, -0.1) is 0 Å². The summed E-state index contributed by atoms with van der Waals surface area (Å²) in [7, 11) is 0.